The predicted octanol–water partition coefficient (Wildman–Crippen LogP) is 5.01. The molecule has 0 bridgehead atoms. The summed E-state index contributed by atoms with van der Waals surface area (Å²) in [5, 5.41) is 0.508. The number of Topliss-reactive ketones (excluding diaryl/α,β-unsaturated/α-hetero) is 1. The first-order valence-corrected chi connectivity index (χ1v) is 7.33. The molecule has 0 amide bonds. The number of ether oxygens (including phenoxy) is 1. The Bertz CT molecular complexity index is 612. The molecule has 0 aliphatic rings. The molecule has 4 heteroatoms. The molecule has 0 spiro atoms. The predicted molar refractivity (Wildman–Crippen MR) is 83.3 cm³/mol. The van der Waals surface area contributed by atoms with Crippen LogP contribution in [-0.2, 0) is 0 Å². The Kier molecular flexibility index (Phi) is 4.73. The Balaban J connectivity index is 2.27. The average molecular weight is 307 g/mol. The molecular weight excluding hydrogens is 292 g/mol. The summed E-state index contributed by atoms with van der Waals surface area (Å²) >= 11 is 7.79. The van der Waals surface area contributed by atoms with Crippen LogP contribution in [0, 0.1) is 6.92 Å². The lowest BCUT2D eigenvalue weighted by atomic mass is 10.1. The standard InChI is InChI=1S/C16H15ClO2S/c1-10-8-14(9-15(17)16(10)11(2)18)20-13-6-4-12(19-3)5-7-13/h4-9H,1-3H3. The van der Waals surface area contributed by atoms with Gasteiger partial charge in [-0.2, -0.15) is 0 Å². The highest BCUT2D eigenvalue weighted by Crippen LogP contribution is 2.33. The van der Waals surface area contributed by atoms with Crippen LogP contribution in [-0.4, -0.2) is 12.9 Å². The second kappa shape index (κ2) is 6.33. The second-order valence-corrected chi connectivity index (χ2v) is 5.98. The molecule has 0 fully saturated rings. The first-order valence-electron chi connectivity index (χ1n) is 6.14. The minimum atomic E-state index is -0.00602. The highest BCUT2D eigenvalue weighted by Gasteiger charge is 2.11. The van der Waals surface area contributed by atoms with Gasteiger partial charge >= 0.3 is 0 Å². The topological polar surface area (TPSA) is 26.3 Å². The van der Waals surface area contributed by atoms with E-state index in [2.05, 4.69) is 0 Å². The van der Waals surface area contributed by atoms with Crippen molar-refractivity contribution in [3.8, 4) is 5.75 Å². The van der Waals surface area contributed by atoms with Gasteiger partial charge in [0.2, 0.25) is 0 Å². The lowest BCUT2D eigenvalue weighted by Crippen LogP contribution is -1.97. The zero-order valence-electron chi connectivity index (χ0n) is 11.6. The molecule has 2 aromatic carbocycles. The monoisotopic (exact) mass is 306 g/mol. The van der Waals surface area contributed by atoms with Crippen LogP contribution >= 0.6 is 23.4 Å². The number of hydrogen-bond acceptors (Lipinski definition) is 3. The molecule has 0 atom stereocenters. The Morgan fingerprint density at radius 2 is 1.80 bits per heavy atom. The minimum Gasteiger partial charge on any atom is -0.497 e. The van der Waals surface area contributed by atoms with E-state index in [1.165, 1.54) is 6.92 Å². The van der Waals surface area contributed by atoms with Gasteiger partial charge < -0.3 is 4.74 Å². The first-order chi connectivity index (χ1) is 9.51. The van der Waals surface area contributed by atoms with Crippen LogP contribution in [0.5, 0.6) is 5.75 Å². The van der Waals surface area contributed by atoms with Crippen LogP contribution in [0.3, 0.4) is 0 Å². The Labute approximate surface area is 128 Å². The van der Waals surface area contributed by atoms with Crippen molar-refractivity contribution < 1.29 is 9.53 Å². The second-order valence-electron chi connectivity index (χ2n) is 4.43. The number of ketones is 1. The van der Waals surface area contributed by atoms with Crippen molar-refractivity contribution in [1.82, 2.24) is 0 Å². The normalized spacial score (nSPS) is 10.4. The van der Waals surface area contributed by atoms with Crippen LogP contribution in [0.1, 0.15) is 22.8 Å². The molecule has 2 rings (SSSR count). The summed E-state index contributed by atoms with van der Waals surface area (Å²) in [6, 6.07) is 11.6. The van der Waals surface area contributed by atoms with Gasteiger partial charge in [-0.05, 0) is 55.8 Å². The van der Waals surface area contributed by atoms with E-state index in [9.17, 15) is 4.79 Å². The van der Waals surface area contributed by atoms with Crippen LogP contribution < -0.4 is 4.74 Å². The van der Waals surface area contributed by atoms with E-state index in [4.69, 9.17) is 16.3 Å². The fourth-order valence-electron chi connectivity index (χ4n) is 2.00. The van der Waals surface area contributed by atoms with Gasteiger partial charge in [0, 0.05) is 15.4 Å². The molecule has 2 aromatic rings. The quantitative estimate of drug-likeness (QED) is 0.743. The van der Waals surface area contributed by atoms with E-state index in [1.54, 1.807) is 18.9 Å². The molecule has 0 N–H and O–H groups in total. The summed E-state index contributed by atoms with van der Waals surface area (Å²) in [6.07, 6.45) is 0. The molecule has 0 saturated heterocycles. The van der Waals surface area contributed by atoms with Crippen molar-refractivity contribution in [1.29, 1.82) is 0 Å². The SMILES string of the molecule is COc1ccc(Sc2cc(C)c(C(C)=O)c(Cl)c2)cc1. The van der Waals surface area contributed by atoms with Crippen molar-refractivity contribution in [2.75, 3.05) is 7.11 Å². The summed E-state index contributed by atoms with van der Waals surface area (Å²) in [7, 11) is 1.64. The van der Waals surface area contributed by atoms with Gasteiger partial charge in [-0.25, -0.2) is 0 Å². The Morgan fingerprint density at radius 1 is 1.15 bits per heavy atom. The number of hydrogen-bond donors (Lipinski definition) is 0. The third kappa shape index (κ3) is 3.35. The number of rotatable bonds is 4. The molecule has 0 aliphatic carbocycles. The summed E-state index contributed by atoms with van der Waals surface area (Å²) in [5.74, 6) is 0.823. The zero-order chi connectivity index (χ0) is 14.7. The van der Waals surface area contributed by atoms with Crippen molar-refractivity contribution in [3.63, 3.8) is 0 Å². The summed E-state index contributed by atoms with van der Waals surface area (Å²) in [5.41, 5.74) is 1.51. The maximum Gasteiger partial charge on any atom is 0.161 e. The van der Waals surface area contributed by atoms with Gasteiger partial charge in [-0.1, -0.05) is 23.4 Å². The third-order valence-corrected chi connectivity index (χ3v) is 4.19. The lowest BCUT2D eigenvalue weighted by molar-refractivity contribution is 0.101. The van der Waals surface area contributed by atoms with Gasteiger partial charge in [0.05, 0.1) is 12.1 Å². The molecule has 0 radical (unpaired) electrons. The van der Waals surface area contributed by atoms with E-state index in [-0.39, 0.29) is 5.78 Å². The summed E-state index contributed by atoms with van der Waals surface area (Å²) < 4.78 is 5.13. The number of halogens is 1. The van der Waals surface area contributed by atoms with Gasteiger partial charge in [0.25, 0.3) is 0 Å². The average Bonchev–Trinajstić information content (AvgIpc) is 2.38. The summed E-state index contributed by atoms with van der Waals surface area (Å²) in [6.45, 7) is 3.44. The van der Waals surface area contributed by atoms with Crippen molar-refractivity contribution in [2.24, 2.45) is 0 Å². The molecule has 104 valence electrons. The Hall–Kier alpha value is -1.45. The Morgan fingerprint density at radius 3 is 2.30 bits per heavy atom. The van der Waals surface area contributed by atoms with E-state index >= 15 is 0 Å². The molecule has 20 heavy (non-hydrogen) atoms. The number of benzene rings is 2. The zero-order valence-corrected chi connectivity index (χ0v) is 13.1. The largest absolute Gasteiger partial charge is 0.497 e. The molecule has 0 unspecified atom stereocenters. The number of aryl methyl sites for hydroxylation is 1. The van der Waals surface area contributed by atoms with Crippen LogP contribution in [0.25, 0.3) is 0 Å². The van der Waals surface area contributed by atoms with E-state index in [1.807, 2.05) is 43.3 Å². The highest BCUT2D eigenvalue weighted by molar-refractivity contribution is 7.99. The fraction of sp³-hybridized carbons (Fsp3) is 0.188. The molecule has 0 saturated carbocycles. The van der Waals surface area contributed by atoms with E-state index < -0.39 is 0 Å². The maximum absolute atomic E-state index is 11.5. The van der Waals surface area contributed by atoms with Crippen LogP contribution in [0.4, 0.5) is 0 Å². The van der Waals surface area contributed by atoms with Gasteiger partial charge in [0.1, 0.15) is 5.75 Å². The fourth-order valence-corrected chi connectivity index (χ4v) is 3.42. The molecule has 0 aromatic heterocycles. The minimum absolute atomic E-state index is 0.00602. The van der Waals surface area contributed by atoms with Crippen LogP contribution in [0.2, 0.25) is 5.02 Å². The van der Waals surface area contributed by atoms with E-state index in [0.717, 1.165) is 21.1 Å². The molecule has 0 heterocycles. The van der Waals surface area contributed by atoms with Crippen molar-refractivity contribution in [2.45, 2.75) is 23.6 Å². The molecule has 0 aliphatic heterocycles. The molecular formula is C16H15ClO2S. The van der Waals surface area contributed by atoms with Crippen molar-refractivity contribution >= 4 is 29.1 Å². The smallest absolute Gasteiger partial charge is 0.161 e. The lowest BCUT2D eigenvalue weighted by Gasteiger charge is -2.09. The van der Waals surface area contributed by atoms with Gasteiger partial charge in [-0.3, -0.25) is 4.79 Å². The van der Waals surface area contributed by atoms with E-state index in [0.29, 0.717) is 10.6 Å². The van der Waals surface area contributed by atoms with Crippen molar-refractivity contribution in [3.05, 3.63) is 52.5 Å². The first kappa shape index (κ1) is 14.9. The van der Waals surface area contributed by atoms with Crippen LogP contribution in [0.15, 0.2) is 46.2 Å². The number of carbonyl (C=O) groups is 1. The number of carbonyl (C=O) groups excluding carboxylic acids is 1. The third-order valence-electron chi connectivity index (χ3n) is 2.91. The van der Waals surface area contributed by atoms with Gasteiger partial charge in [-0.15, -0.1) is 0 Å². The van der Waals surface area contributed by atoms with Gasteiger partial charge in [0.15, 0.2) is 5.78 Å². The maximum atomic E-state index is 11.5. The molecule has 2 nitrogen and oxygen atoms in total. The highest BCUT2D eigenvalue weighted by atomic mass is 35.5. The number of methoxy groups -OCH3 is 1. The summed E-state index contributed by atoms with van der Waals surface area (Å²) in [4.78, 5) is 13.6.